The van der Waals surface area contributed by atoms with Crippen molar-refractivity contribution in [1.82, 2.24) is 0 Å². The summed E-state index contributed by atoms with van der Waals surface area (Å²) >= 11 is 0. The van der Waals surface area contributed by atoms with Crippen LogP contribution in [0.1, 0.15) is 21.3 Å². The number of nitrogens with zero attached hydrogens (tertiary/aromatic N) is 2. The van der Waals surface area contributed by atoms with Crippen LogP contribution in [-0.4, -0.2) is 64.3 Å². The monoisotopic (exact) mass is 192 g/mol. The molecule has 0 aromatic heterocycles. The SMILES string of the molecule is C.C.C[N+](C)(C)CCC[N+](C)(C)C. The summed E-state index contributed by atoms with van der Waals surface area (Å²) in [7, 11) is 13.5. The molecule has 0 aromatic rings. The molecule has 0 bridgehead atoms. The van der Waals surface area contributed by atoms with E-state index < -0.39 is 0 Å². The fourth-order valence-corrected chi connectivity index (χ4v) is 1.02. The lowest BCUT2D eigenvalue weighted by atomic mass is 10.3. The molecule has 0 radical (unpaired) electrons. The molecule has 0 unspecified atom stereocenters. The molecule has 0 aliphatic rings. The van der Waals surface area contributed by atoms with Crippen LogP contribution in [0.15, 0.2) is 0 Å². The van der Waals surface area contributed by atoms with E-state index in [1.165, 1.54) is 19.5 Å². The first kappa shape index (κ1) is 18.7. The summed E-state index contributed by atoms with van der Waals surface area (Å²) in [6, 6.07) is 0. The molecule has 0 aliphatic carbocycles. The lowest BCUT2D eigenvalue weighted by molar-refractivity contribution is -0.890. The molecular formula is C11H32N2+2. The minimum absolute atomic E-state index is 0. The van der Waals surface area contributed by atoms with Gasteiger partial charge < -0.3 is 8.97 Å². The fraction of sp³-hybridized carbons (Fsp3) is 1.00. The smallest absolute Gasteiger partial charge is 0.0834 e. The summed E-state index contributed by atoms with van der Waals surface area (Å²) in [5.41, 5.74) is 0. The molecule has 2 heteroatoms. The van der Waals surface area contributed by atoms with Crippen LogP contribution in [-0.2, 0) is 0 Å². The Balaban J connectivity index is -0.000000500. The zero-order chi connectivity index (χ0) is 9.12. The second-order valence-electron chi connectivity index (χ2n) is 5.38. The summed E-state index contributed by atoms with van der Waals surface area (Å²) in [6.07, 6.45) is 1.31. The number of rotatable bonds is 4. The lowest BCUT2D eigenvalue weighted by Crippen LogP contribution is -2.40. The van der Waals surface area contributed by atoms with Crippen LogP contribution < -0.4 is 0 Å². The van der Waals surface area contributed by atoms with Crippen molar-refractivity contribution >= 4 is 0 Å². The highest BCUT2D eigenvalue weighted by molar-refractivity contribution is 4.33. The topological polar surface area (TPSA) is 0 Å². The van der Waals surface area contributed by atoms with Crippen molar-refractivity contribution in [2.24, 2.45) is 0 Å². The Bertz CT molecular complexity index is 92.2. The van der Waals surface area contributed by atoms with Gasteiger partial charge in [0.2, 0.25) is 0 Å². The average Bonchev–Trinajstić information content (AvgIpc) is 1.55. The molecule has 0 aromatic carbocycles. The van der Waals surface area contributed by atoms with E-state index in [4.69, 9.17) is 0 Å². The van der Waals surface area contributed by atoms with E-state index in [1.54, 1.807) is 0 Å². The molecule has 0 N–H and O–H groups in total. The molecular weight excluding hydrogens is 160 g/mol. The quantitative estimate of drug-likeness (QED) is 0.598. The van der Waals surface area contributed by atoms with Gasteiger partial charge in [0.25, 0.3) is 0 Å². The van der Waals surface area contributed by atoms with Gasteiger partial charge in [0.05, 0.1) is 55.4 Å². The molecule has 0 saturated carbocycles. The van der Waals surface area contributed by atoms with E-state index in [2.05, 4.69) is 42.3 Å². The minimum Gasteiger partial charge on any atom is -0.331 e. The van der Waals surface area contributed by atoms with Gasteiger partial charge in [-0.3, -0.25) is 0 Å². The van der Waals surface area contributed by atoms with Gasteiger partial charge in [-0.15, -0.1) is 0 Å². The molecule has 13 heavy (non-hydrogen) atoms. The predicted octanol–water partition coefficient (Wildman–Crippen LogP) is 2.06. The summed E-state index contributed by atoms with van der Waals surface area (Å²) in [5, 5.41) is 0. The summed E-state index contributed by atoms with van der Waals surface area (Å²) in [4.78, 5) is 0. The zero-order valence-electron chi connectivity index (χ0n) is 9.02. The van der Waals surface area contributed by atoms with Crippen LogP contribution in [0.4, 0.5) is 0 Å². The molecule has 84 valence electrons. The Morgan fingerprint density at radius 1 is 0.615 bits per heavy atom. The van der Waals surface area contributed by atoms with E-state index in [0.29, 0.717) is 0 Å². The Hall–Kier alpha value is -0.0800. The third-order valence-electron chi connectivity index (χ3n) is 1.66. The van der Waals surface area contributed by atoms with E-state index in [-0.39, 0.29) is 14.9 Å². The van der Waals surface area contributed by atoms with Gasteiger partial charge in [-0.25, -0.2) is 0 Å². The Morgan fingerprint density at radius 3 is 1.00 bits per heavy atom. The molecule has 0 heterocycles. The maximum absolute atomic E-state index is 2.25. The van der Waals surface area contributed by atoms with Gasteiger partial charge in [-0.05, 0) is 0 Å². The molecule has 0 rings (SSSR count). The second-order valence-corrected chi connectivity index (χ2v) is 5.38. The first-order chi connectivity index (χ1) is 4.71. The predicted molar refractivity (Wildman–Crippen MR) is 63.9 cm³/mol. The molecule has 0 atom stereocenters. The second kappa shape index (κ2) is 6.39. The van der Waals surface area contributed by atoms with Crippen molar-refractivity contribution in [2.45, 2.75) is 21.3 Å². The van der Waals surface area contributed by atoms with Gasteiger partial charge in [0.15, 0.2) is 0 Å². The Kier molecular flexibility index (Phi) is 9.16. The van der Waals surface area contributed by atoms with Crippen molar-refractivity contribution in [3.05, 3.63) is 0 Å². The lowest BCUT2D eigenvalue weighted by Gasteiger charge is -2.28. The van der Waals surface area contributed by atoms with E-state index in [9.17, 15) is 0 Å². The van der Waals surface area contributed by atoms with E-state index in [0.717, 1.165) is 8.97 Å². The first-order valence-electron chi connectivity index (χ1n) is 4.32. The Morgan fingerprint density at radius 2 is 0.846 bits per heavy atom. The van der Waals surface area contributed by atoms with Gasteiger partial charge in [-0.2, -0.15) is 0 Å². The highest BCUT2D eigenvalue weighted by Crippen LogP contribution is 1.98. The van der Waals surface area contributed by atoms with Crippen LogP contribution >= 0.6 is 0 Å². The first-order valence-corrected chi connectivity index (χ1v) is 4.32. The van der Waals surface area contributed by atoms with Crippen LogP contribution in [0, 0.1) is 0 Å². The van der Waals surface area contributed by atoms with Crippen LogP contribution in [0.3, 0.4) is 0 Å². The normalized spacial score (nSPS) is 11.5. The molecule has 0 amide bonds. The summed E-state index contributed by atoms with van der Waals surface area (Å²) < 4.78 is 2.17. The van der Waals surface area contributed by atoms with Crippen LogP contribution in [0.2, 0.25) is 0 Å². The van der Waals surface area contributed by atoms with Gasteiger partial charge in [0, 0.05) is 6.42 Å². The van der Waals surface area contributed by atoms with E-state index in [1.807, 2.05) is 0 Å². The molecule has 0 saturated heterocycles. The van der Waals surface area contributed by atoms with Crippen molar-refractivity contribution in [3.63, 3.8) is 0 Å². The van der Waals surface area contributed by atoms with Crippen LogP contribution in [0.25, 0.3) is 0 Å². The van der Waals surface area contributed by atoms with Gasteiger partial charge >= 0.3 is 0 Å². The number of hydrogen-bond acceptors (Lipinski definition) is 0. The number of quaternary nitrogens is 2. The van der Waals surface area contributed by atoms with Crippen molar-refractivity contribution in [3.8, 4) is 0 Å². The average molecular weight is 192 g/mol. The standard InChI is InChI=1S/C9H24N2.2CH4/c1-10(2,3)8-7-9-11(4,5)6;;/h7-9H2,1-6H3;2*1H4/q+2;;. The third-order valence-corrected chi connectivity index (χ3v) is 1.66. The maximum atomic E-state index is 2.25. The molecule has 2 nitrogen and oxygen atoms in total. The van der Waals surface area contributed by atoms with Crippen molar-refractivity contribution < 1.29 is 8.97 Å². The zero-order valence-corrected chi connectivity index (χ0v) is 9.02. The Labute approximate surface area is 86.3 Å². The molecule has 0 fully saturated rings. The fourth-order valence-electron chi connectivity index (χ4n) is 1.02. The summed E-state index contributed by atoms with van der Waals surface area (Å²) in [6.45, 7) is 2.55. The molecule has 0 spiro atoms. The maximum Gasteiger partial charge on any atom is 0.0834 e. The van der Waals surface area contributed by atoms with Gasteiger partial charge in [0.1, 0.15) is 0 Å². The van der Waals surface area contributed by atoms with Gasteiger partial charge in [-0.1, -0.05) is 14.9 Å². The highest BCUT2D eigenvalue weighted by Gasteiger charge is 2.11. The highest BCUT2D eigenvalue weighted by atomic mass is 15.3. The minimum atomic E-state index is 0. The molecule has 0 aliphatic heterocycles. The summed E-state index contributed by atoms with van der Waals surface area (Å²) in [5.74, 6) is 0. The number of hydrogen-bond donors (Lipinski definition) is 0. The van der Waals surface area contributed by atoms with Crippen molar-refractivity contribution in [1.29, 1.82) is 0 Å². The van der Waals surface area contributed by atoms with Crippen LogP contribution in [0.5, 0.6) is 0 Å². The van der Waals surface area contributed by atoms with Crippen molar-refractivity contribution in [2.75, 3.05) is 55.4 Å². The third kappa shape index (κ3) is 18.7. The van der Waals surface area contributed by atoms with E-state index >= 15 is 0 Å². The largest absolute Gasteiger partial charge is 0.331 e.